The summed E-state index contributed by atoms with van der Waals surface area (Å²) in [6, 6.07) is 7.24. The normalized spacial score (nSPS) is 22.0. The van der Waals surface area contributed by atoms with E-state index in [-0.39, 0.29) is 12.0 Å². The van der Waals surface area contributed by atoms with E-state index in [0.29, 0.717) is 24.7 Å². The lowest BCUT2D eigenvalue weighted by atomic mass is 9.93. The summed E-state index contributed by atoms with van der Waals surface area (Å²) in [7, 11) is -1.85. The quantitative estimate of drug-likeness (QED) is 0.888. The average Bonchev–Trinajstić information content (AvgIpc) is 2.49. The van der Waals surface area contributed by atoms with Gasteiger partial charge in [0.1, 0.15) is 0 Å². The first-order valence-electron chi connectivity index (χ1n) is 7.52. The van der Waals surface area contributed by atoms with Crippen molar-refractivity contribution in [3.8, 4) is 0 Å². The fourth-order valence-electron chi connectivity index (χ4n) is 2.74. The molecule has 22 heavy (non-hydrogen) atoms. The molecule has 1 saturated heterocycles. The molecule has 1 fully saturated rings. The lowest BCUT2D eigenvalue weighted by Gasteiger charge is -2.35. The van der Waals surface area contributed by atoms with Crippen LogP contribution in [0, 0.1) is 5.92 Å². The van der Waals surface area contributed by atoms with Crippen molar-refractivity contribution in [2.75, 3.05) is 20.1 Å². The predicted molar refractivity (Wildman–Crippen MR) is 89.8 cm³/mol. The third-order valence-corrected chi connectivity index (χ3v) is 6.36. The molecule has 7 heteroatoms. The minimum Gasteiger partial charge on any atom is -0.328 e. The number of halogens is 1. The first-order chi connectivity index (χ1) is 10.3. The highest BCUT2D eigenvalue weighted by Gasteiger charge is 2.32. The van der Waals surface area contributed by atoms with E-state index in [4.69, 9.17) is 17.3 Å². The summed E-state index contributed by atoms with van der Waals surface area (Å²) in [5, 5.41) is 0.644. The molecule has 0 amide bonds. The van der Waals surface area contributed by atoms with Gasteiger partial charge < -0.3 is 5.73 Å². The molecular weight excluding hydrogens is 322 g/mol. The van der Waals surface area contributed by atoms with Crippen LogP contribution >= 0.6 is 11.6 Å². The molecule has 0 radical (unpaired) electrons. The maximum absolute atomic E-state index is 12.7. The summed E-state index contributed by atoms with van der Waals surface area (Å²) in [4.78, 5) is 0. The lowest BCUT2D eigenvalue weighted by molar-refractivity contribution is 0.231. The monoisotopic (exact) mass is 345 g/mol. The van der Waals surface area contributed by atoms with E-state index >= 15 is 0 Å². The van der Waals surface area contributed by atoms with Crippen LogP contribution in [0.15, 0.2) is 24.3 Å². The second-order valence-corrected chi connectivity index (χ2v) is 8.48. The van der Waals surface area contributed by atoms with Gasteiger partial charge >= 0.3 is 0 Å². The number of benzene rings is 1. The summed E-state index contributed by atoms with van der Waals surface area (Å²) in [6.45, 7) is 3.35. The van der Waals surface area contributed by atoms with Crippen LogP contribution in [-0.2, 0) is 16.8 Å². The number of nitrogens with zero attached hydrogens (tertiary/aromatic N) is 2. The van der Waals surface area contributed by atoms with Crippen molar-refractivity contribution < 1.29 is 8.42 Å². The standard InChI is InChI=1S/C15H24ClN3O2S/c1-12(17)14-4-3-9-19(11-14)22(20,21)18(2)10-13-5-7-15(16)8-6-13/h5-8,12,14H,3-4,9-11,17H2,1-2H3/t12-,14-/m0/s1. The van der Waals surface area contributed by atoms with Crippen LogP contribution in [0.3, 0.4) is 0 Å². The molecule has 0 aliphatic carbocycles. The Morgan fingerprint density at radius 3 is 2.64 bits per heavy atom. The topological polar surface area (TPSA) is 66.6 Å². The van der Waals surface area contributed by atoms with Crippen molar-refractivity contribution in [1.29, 1.82) is 0 Å². The molecule has 0 saturated carbocycles. The van der Waals surface area contributed by atoms with Crippen LogP contribution in [0.4, 0.5) is 0 Å². The van der Waals surface area contributed by atoms with Gasteiger partial charge in [-0.1, -0.05) is 23.7 Å². The Balaban J connectivity index is 2.06. The SMILES string of the molecule is C[C@H](N)[C@H]1CCCN(S(=O)(=O)N(C)Cc2ccc(Cl)cc2)C1. The Hall–Kier alpha value is -0.660. The van der Waals surface area contributed by atoms with Crippen molar-refractivity contribution in [1.82, 2.24) is 8.61 Å². The first-order valence-corrected chi connectivity index (χ1v) is 9.29. The van der Waals surface area contributed by atoms with Gasteiger partial charge in [-0.2, -0.15) is 17.0 Å². The van der Waals surface area contributed by atoms with Crippen molar-refractivity contribution in [2.45, 2.75) is 32.4 Å². The highest BCUT2D eigenvalue weighted by Crippen LogP contribution is 2.23. The smallest absolute Gasteiger partial charge is 0.282 e. The zero-order chi connectivity index (χ0) is 16.3. The third kappa shape index (κ3) is 4.20. The van der Waals surface area contributed by atoms with Gasteiger partial charge in [-0.05, 0) is 43.4 Å². The molecule has 2 rings (SSSR count). The van der Waals surface area contributed by atoms with Crippen LogP contribution in [0.1, 0.15) is 25.3 Å². The number of hydrogen-bond acceptors (Lipinski definition) is 3. The first kappa shape index (κ1) is 17.7. The van der Waals surface area contributed by atoms with E-state index in [0.717, 1.165) is 18.4 Å². The minimum absolute atomic E-state index is 0.0135. The molecule has 2 atom stereocenters. The van der Waals surface area contributed by atoms with E-state index < -0.39 is 10.2 Å². The van der Waals surface area contributed by atoms with Crippen molar-refractivity contribution in [2.24, 2.45) is 11.7 Å². The molecule has 1 aromatic carbocycles. The molecule has 0 bridgehead atoms. The Kier molecular flexibility index (Phi) is 5.85. The summed E-state index contributed by atoms with van der Waals surface area (Å²) >= 11 is 5.85. The van der Waals surface area contributed by atoms with Gasteiger partial charge in [0, 0.05) is 37.7 Å². The maximum Gasteiger partial charge on any atom is 0.282 e. The number of piperidine rings is 1. The van der Waals surface area contributed by atoms with Crippen LogP contribution < -0.4 is 5.73 Å². The lowest BCUT2D eigenvalue weighted by Crippen LogP contribution is -2.49. The molecule has 1 aromatic rings. The fraction of sp³-hybridized carbons (Fsp3) is 0.600. The van der Waals surface area contributed by atoms with Gasteiger partial charge in [0.25, 0.3) is 10.2 Å². The van der Waals surface area contributed by atoms with Crippen LogP contribution in [-0.4, -0.2) is 43.2 Å². The van der Waals surface area contributed by atoms with Crippen LogP contribution in [0.5, 0.6) is 0 Å². The summed E-state index contributed by atoms with van der Waals surface area (Å²) in [5.74, 6) is 0.229. The van der Waals surface area contributed by atoms with Gasteiger partial charge in [0.15, 0.2) is 0 Å². The van der Waals surface area contributed by atoms with E-state index in [1.165, 1.54) is 4.31 Å². The Labute approximate surface area is 138 Å². The van der Waals surface area contributed by atoms with E-state index in [1.807, 2.05) is 19.1 Å². The molecule has 2 N–H and O–H groups in total. The van der Waals surface area contributed by atoms with E-state index in [9.17, 15) is 8.42 Å². The van der Waals surface area contributed by atoms with Crippen LogP contribution in [0.25, 0.3) is 0 Å². The zero-order valence-electron chi connectivity index (χ0n) is 13.1. The predicted octanol–water partition coefficient (Wildman–Crippen LogP) is 2.08. The maximum atomic E-state index is 12.7. The highest BCUT2D eigenvalue weighted by molar-refractivity contribution is 7.86. The number of rotatable bonds is 5. The third-order valence-electron chi connectivity index (χ3n) is 4.20. The summed E-state index contributed by atoms with van der Waals surface area (Å²) < 4.78 is 28.4. The number of nitrogens with two attached hydrogens (primary N) is 1. The van der Waals surface area contributed by atoms with E-state index in [2.05, 4.69) is 0 Å². The van der Waals surface area contributed by atoms with Crippen molar-refractivity contribution >= 4 is 21.8 Å². The highest BCUT2D eigenvalue weighted by atomic mass is 35.5. The van der Waals surface area contributed by atoms with Crippen molar-refractivity contribution in [3.05, 3.63) is 34.9 Å². The summed E-state index contributed by atoms with van der Waals surface area (Å²) in [6.07, 6.45) is 1.85. The second-order valence-electron chi connectivity index (χ2n) is 6.01. The van der Waals surface area contributed by atoms with Gasteiger partial charge in [-0.25, -0.2) is 0 Å². The van der Waals surface area contributed by atoms with Gasteiger partial charge in [0.2, 0.25) is 0 Å². The Morgan fingerprint density at radius 1 is 1.41 bits per heavy atom. The second kappa shape index (κ2) is 7.27. The Morgan fingerprint density at radius 2 is 2.05 bits per heavy atom. The Bertz CT molecular complexity index is 589. The molecule has 1 aliphatic rings. The molecule has 0 spiro atoms. The number of hydrogen-bond donors (Lipinski definition) is 1. The van der Waals surface area contributed by atoms with Gasteiger partial charge in [-0.3, -0.25) is 0 Å². The largest absolute Gasteiger partial charge is 0.328 e. The minimum atomic E-state index is -3.46. The van der Waals surface area contributed by atoms with E-state index in [1.54, 1.807) is 23.5 Å². The molecule has 0 unspecified atom stereocenters. The zero-order valence-corrected chi connectivity index (χ0v) is 14.6. The average molecular weight is 346 g/mol. The van der Waals surface area contributed by atoms with Crippen molar-refractivity contribution in [3.63, 3.8) is 0 Å². The molecule has 0 aromatic heterocycles. The van der Waals surface area contributed by atoms with Gasteiger partial charge in [0.05, 0.1) is 0 Å². The molecule has 1 aliphatic heterocycles. The van der Waals surface area contributed by atoms with Gasteiger partial charge in [-0.15, -0.1) is 0 Å². The fourth-order valence-corrected chi connectivity index (χ4v) is 4.31. The molecule has 1 heterocycles. The van der Waals surface area contributed by atoms with Crippen LogP contribution in [0.2, 0.25) is 5.02 Å². The molecule has 124 valence electrons. The molecule has 5 nitrogen and oxygen atoms in total. The summed E-state index contributed by atoms with van der Waals surface area (Å²) in [5.41, 5.74) is 6.85. The molecular formula is C15H24ClN3O2S.